The van der Waals surface area contributed by atoms with Crippen LogP contribution in [-0.2, 0) is 0 Å². The van der Waals surface area contributed by atoms with Gasteiger partial charge in [0.15, 0.2) is 0 Å². The lowest BCUT2D eigenvalue weighted by Crippen LogP contribution is -1.93. The Hall–Kier alpha value is -3.61. The molecule has 5 rings (SSSR count). The Bertz CT molecular complexity index is 1450. The molecular weight excluding hydrogens is 396 g/mol. The molecule has 3 aromatic carbocycles. The molecule has 150 valence electrons. The molecule has 3 heteroatoms. The molecule has 0 atom stereocenters. The smallest absolute Gasteiger partial charge is 0.0944 e. The lowest BCUT2D eigenvalue weighted by molar-refractivity contribution is 1.18. The molecule has 0 fully saturated rings. The van der Waals surface area contributed by atoms with Gasteiger partial charge in [0.1, 0.15) is 0 Å². The first-order valence-corrected chi connectivity index (χ1v) is 11.2. The van der Waals surface area contributed by atoms with E-state index in [9.17, 15) is 0 Å². The average Bonchev–Trinajstić information content (AvgIpc) is 3.29. The highest BCUT2D eigenvalue weighted by atomic mass is 32.1. The van der Waals surface area contributed by atoms with Crippen molar-refractivity contribution in [3.8, 4) is 22.2 Å². The van der Waals surface area contributed by atoms with Gasteiger partial charge in [0.25, 0.3) is 0 Å². The Morgan fingerprint density at radius 3 is 2.00 bits per heavy atom. The molecule has 2 aromatic heterocycles. The van der Waals surface area contributed by atoms with Crippen molar-refractivity contribution in [2.24, 2.45) is 0 Å². The molecule has 0 bridgehead atoms. The summed E-state index contributed by atoms with van der Waals surface area (Å²) < 4.78 is 2.34. The first-order valence-electron chi connectivity index (χ1n) is 10.4. The van der Waals surface area contributed by atoms with Crippen LogP contribution in [0.4, 0.5) is 0 Å². The maximum Gasteiger partial charge on any atom is 0.0944 e. The third-order valence-electron chi connectivity index (χ3n) is 5.98. The van der Waals surface area contributed by atoms with Gasteiger partial charge in [0.2, 0.25) is 0 Å². The molecule has 0 amide bonds. The molecule has 0 unspecified atom stereocenters. The lowest BCUT2D eigenvalue weighted by atomic mass is 10.1. The zero-order valence-corrected chi connectivity index (χ0v) is 18.6. The number of fused-ring (bicyclic) bond motifs is 3. The van der Waals surface area contributed by atoms with E-state index in [2.05, 4.69) is 97.3 Å². The molecule has 0 radical (unpaired) electrons. The lowest BCUT2D eigenvalue weighted by Gasteiger charge is -2.09. The number of aromatic nitrogens is 1. The van der Waals surface area contributed by atoms with Crippen LogP contribution in [0.5, 0.6) is 0 Å². The number of allylic oxidation sites excluding steroid dienone is 1. The minimum Gasteiger partial charge on any atom is -0.309 e. The zero-order valence-electron chi connectivity index (χ0n) is 17.8. The quantitative estimate of drug-likeness (QED) is 0.272. The summed E-state index contributed by atoms with van der Waals surface area (Å²) in [7, 11) is 0. The van der Waals surface area contributed by atoms with Gasteiger partial charge in [0, 0.05) is 31.8 Å². The maximum absolute atomic E-state index is 9.14. The minimum absolute atomic E-state index is 0.734. The fourth-order valence-electron chi connectivity index (χ4n) is 4.22. The van der Waals surface area contributed by atoms with E-state index in [1.165, 1.54) is 43.4 Å². The highest BCUT2D eigenvalue weighted by Crippen LogP contribution is 2.38. The maximum atomic E-state index is 9.14. The Kier molecular flexibility index (Phi) is 4.73. The molecule has 0 N–H and O–H groups in total. The van der Waals surface area contributed by atoms with E-state index in [4.69, 9.17) is 5.26 Å². The molecular formula is C28H22N2S. The van der Waals surface area contributed by atoms with E-state index in [0.29, 0.717) is 0 Å². The standard InChI is InChI=1S/C28H22N2S/c1-18(17-29)16-27-19(2)20(3)28(31-27)21-12-14-22(15-13-21)30-25-10-6-4-8-23(25)24-9-5-7-11-26(24)30/h4-16H,1-3H3/b18-16-. The van der Waals surface area contributed by atoms with Crippen molar-refractivity contribution in [3.63, 3.8) is 0 Å². The molecule has 0 aliphatic heterocycles. The normalized spacial score (nSPS) is 11.9. The van der Waals surface area contributed by atoms with Crippen LogP contribution in [0.25, 0.3) is 44.0 Å². The van der Waals surface area contributed by atoms with Gasteiger partial charge in [-0.3, -0.25) is 0 Å². The van der Waals surface area contributed by atoms with Crippen LogP contribution < -0.4 is 0 Å². The van der Waals surface area contributed by atoms with E-state index in [0.717, 1.165) is 16.1 Å². The van der Waals surface area contributed by atoms with E-state index >= 15 is 0 Å². The van der Waals surface area contributed by atoms with Gasteiger partial charge < -0.3 is 4.57 Å². The Morgan fingerprint density at radius 1 is 0.839 bits per heavy atom. The van der Waals surface area contributed by atoms with Crippen molar-refractivity contribution < 1.29 is 0 Å². The number of nitrogens with zero attached hydrogens (tertiary/aromatic N) is 2. The SMILES string of the molecule is C/C(C#N)=C/c1sc(-c2ccc(-n3c4ccccc4c4ccccc43)cc2)c(C)c1C. The zero-order chi connectivity index (χ0) is 21.5. The van der Waals surface area contributed by atoms with E-state index in [1.54, 1.807) is 11.3 Å². The number of hydrogen-bond donors (Lipinski definition) is 0. The number of para-hydroxylation sites is 2. The van der Waals surface area contributed by atoms with Crippen LogP contribution in [0.3, 0.4) is 0 Å². The fraction of sp³-hybridized carbons (Fsp3) is 0.107. The van der Waals surface area contributed by atoms with E-state index in [-0.39, 0.29) is 0 Å². The molecule has 0 aliphatic rings. The van der Waals surface area contributed by atoms with Crippen molar-refractivity contribution in [3.05, 3.63) is 94.4 Å². The van der Waals surface area contributed by atoms with Crippen LogP contribution in [-0.4, -0.2) is 4.57 Å². The molecule has 0 aliphatic carbocycles. The van der Waals surface area contributed by atoms with Gasteiger partial charge in [-0.1, -0.05) is 48.5 Å². The minimum atomic E-state index is 0.734. The first-order chi connectivity index (χ1) is 15.1. The predicted molar refractivity (Wildman–Crippen MR) is 133 cm³/mol. The highest BCUT2D eigenvalue weighted by Gasteiger charge is 2.14. The molecule has 31 heavy (non-hydrogen) atoms. The van der Waals surface area contributed by atoms with Crippen LogP contribution in [0.2, 0.25) is 0 Å². The third kappa shape index (κ3) is 3.17. The number of hydrogen-bond acceptors (Lipinski definition) is 2. The highest BCUT2D eigenvalue weighted by molar-refractivity contribution is 7.16. The van der Waals surface area contributed by atoms with Crippen molar-refractivity contribution in [2.75, 3.05) is 0 Å². The van der Waals surface area contributed by atoms with E-state index < -0.39 is 0 Å². The summed E-state index contributed by atoms with van der Waals surface area (Å²) in [5.74, 6) is 0. The van der Waals surface area contributed by atoms with Crippen molar-refractivity contribution in [1.82, 2.24) is 4.57 Å². The number of nitriles is 1. The van der Waals surface area contributed by atoms with Gasteiger partial charge in [0.05, 0.1) is 17.1 Å². The number of benzene rings is 3. The molecule has 0 spiro atoms. The summed E-state index contributed by atoms with van der Waals surface area (Å²) in [5.41, 5.74) is 8.08. The number of rotatable bonds is 3. The molecule has 2 nitrogen and oxygen atoms in total. The van der Waals surface area contributed by atoms with Gasteiger partial charge in [-0.05, 0) is 67.8 Å². The summed E-state index contributed by atoms with van der Waals surface area (Å²) in [6, 6.07) is 28.2. The molecule has 2 heterocycles. The summed E-state index contributed by atoms with van der Waals surface area (Å²) in [6.45, 7) is 6.16. The van der Waals surface area contributed by atoms with Crippen LogP contribution in [0.1, 0.15) is 22.9 Å². The summed E-state index contributed by atoms with van der Waals surface area (Å²) in [5, 5.41) is 11.7. The van der Waals surface area contributed by atoms with Crippen molar-refractivity contribution in [1.29, 1.82) is 5.26 Å². The second-order valence-corrected chi connectivity index (χ2v) is 8.95. The second kappa shape index (κ2) is 7.58. The van der Waals surface area contributed by atoms with Gasteiger partial charge >= 0.3 is 0 Å². The van der Waals surface area contributed by atoms with Gasteiger partial charge in [-0.2, -0.15) is 5.26 Å². The van der Waals surface area contributed by atoms with Gasteiger partial charge in [-0.25, -0.2) is 0 Å². The third-order valence-corrected chi connectivity index (χ3v) is 7.37. The van der Waals surface area contributed by atoms with Gasteiger partial charge in [-0.15, -0.1) is 11.3 Å². The van der Waals surface area contributed by atoms with E-state index in [1.807, 2.05) is 13.0 Å². The topological polar surface area (TPSA) is 28.7 Å². The summed E-state index contributed by atoms with van der Waals surface area (Å²) >= 11 is 1.76. The van der Waals surface area contributed by atoms with Crippen molar-refractivity contribution in [2.45, 2.75) is 20.8 Å². The largest absolute Gasteiger partial charge is 0.309 e. The first kappa shape index (κ1) is 19.4. The van der Waals surface area contributed by atoms with Crippen LogP contribution in [0.15, 0.2) is 78.4 Å². The monoisotopic (exact) mass is 418 g/mol. The summed E-state index contributed by atoms with van der Waals surface area (Å²) in [6.07, 6.45) is 1.99. The molecule has 0 saturated heterocycles. The Balaban J connectivity index is 1.63. The second-order valence-electron chi connectivity index (χ2n) is 7.90. The molecule has 5 aromatic rings. The van der Waals surface area contributed by atoms with Crippen molar-refractivity contribution >= 4 is 39.2 Å². The summed E-state index contributed by atoms with van der Waals surface area (Å²) in [4.78, 5) is 2.43. The number of thiophene rings is 1. The Morgan fingerprint density at radius 2 is 1.42 bits per heavy atom. The Labute approximate surface area is 186 Å². The predicted octanol–water partition coefficient (Wildman–Crippen LogP) is 8.06. The molecule has 0 saturated carbocycles. The average molecular weight is 419 g/mol. The van der Waals surface area contributed by atoms with Crippen LogP contribution >= 0.6 is 11.3 Å². The van der Waals surface area contributed by atoms with Crippen LogP contribution in [0, 0.1) is 25.2 Å². The fourth-order valence-corrected chi connectivity index (χ4v) is 5.54.